The third-order valence-electron chi connectivity index (χ3n) is 2.12. The first-order valence-corrected chi connectivity index (χ1v) is 4.41. The van der Waals surface area contributed by atoms with Crippen molar-refractivity contribution in [3.63, 3.8) is 0 Å². The van der Waals surface area contributed by atoms with Crippen molar-refractivity contribution in [1.29, 1.82) is 0 Å². The van der Waals surface area contributed by atoms with Crippen molar-refractivity contribution in [3.05, 3.63) is 34.2 Å². The van der Waals surface area contributed by atoms with Crippen LogP contribution in [0.2, 0.25) is 0 Å². The maximum atomic E-state index is 4.25. The second-order valence-corrected chi connectivity index (χ2v) is 3.07. The first-order chi connectivity index (χ1) is 6.16. The molecule has 1 aromatic carbocycles. The van der Waals surface area contributed by atoms with E-state index in [4.69, 9.17) is 0 Å². The molecule has 0 unspecified atom stereocenters. The van der Waals surface area contributed by atoms with Crippen molar-refractivity contribution >= 4 is 18.5 Å². The standard InChI is InChI=1S/C12H15N/c1-5-13-11(4)12-8-6-7-9(2)10(12)3/h5-8H,3H2,1-2,4H3/b12-11-,13-5?. The van der Waals surface area contributed by atoms with Crippen molar-refractivity contribution in [2.75, 3.05) is 0 Å². The highest BCUT2D eigenvalue weighted by Gasteiger charge is 1.90. The van der Waals surface area contributed by atoms with Crippen molar-refractivity contribution in [1.82, 2.24) is 0 Å². The first-order valence-electron chi connectivity index (χ1n) is 4.41. The Morgan fingerprint density at radius 1 is 1.46 bits per heavy atom. The van der Waals surface area contributed by atoms with Gasteiger partial charge in [0.25, 0.3) is 0 Å². The third-order valence-corrected chi connectivity index (χ3v) is 2.12. The van der Waals surface area contributed by atoms with E-state index in [1.807, 2.05) is 19.9 Å². The van der Waals surface area contributed by atoms with Crippen LogP contribution in [0, 0.1) is 6.92 Å². The van der Waals surface area contributed by atoms with Gasteiger partial charge in [-0.25, -0.2) is 0 Å². The van der Waals surface area contributed by atoms with Gasteiger partial charge in [-0.1, -0.05) is 24.8 Å². The number of hydrogen-bond acceptors (Lipinski definition) is 1. The topological polar surface area (TPSA) is 12.4 Å². The lowest BCUT2D eigenvalue weighted by molar-refractivity contribution is 1.33. The summed E-state index contributed by atoms with van der Waals surface area (Å²) in [6, 6.07) is 6.15. The predicted molar refractivity (Wildman–Crippen MR) is 59.2 cm³/mol. The Balaban J connectivity index is 3.55. The van der Waals surface area contributed by atoms with Gasteiger partial charge in [0.05, 0.1) is 0 Å². The molecule has 0 amide bonds. The molecule has 0 aliphatic heterocycles. The van der Waals surface area contributed by atoms with E-state index in [0.29, 0.717) is 0 Å². The van der Waals surface area contributed by atoms with E-state index >= 15 is 0 Å². The van der Waals surface area contributed by atoms with Gasteiger partial charge in [-0.2, -0.15) is 0 Å². The SMILES string of the molecule is C=c1c(C)ccc/c1=C(\C)N=CC. The molecular formula is C12H15N. The lowest BCUT2D eigenvalue weighted by atomic mass is 10.1. The van der Waals surface area contributed by atoms with Gasteiger partial charge < -0.3 is 0 Å². The van der Waals surface area contributed by atoms with E-state index in [0.717, 1.165) is 16.1 Å². The van der Waals surface area contributed by atoms with Crippen molar-refractivity contribution in [3.8, 4) is 0 Å². The minimum absolute atomic E-state index is 1.02. The molecule has 1 nitrogen and oxygen atoms in total. The summed E-state index contributed by atoms with van der Waals surface area (Å²) >= 11 is 0. The van der Waals surface area contributed by atoms with Crippen LogP contribution >= 0.6 is 0 Å². The summed E-state index contributed by atoms with van der Waals surface area (Å²) in [5.41, 5.74) is 2.24. The normalized spacial score (nSPS) is 13.5. The molecule has 0 radical (unpaired) electrons. The zero-order valence-corrected chi connectivity index (χ0v) is 8.46. The van der Waals surface area contributed by atoms with Gasteiger partial charge in [0.2, 0.25) is 0 Å². The molecule has 13 heavy (non-hydrogen) atoms. The molecule has 0 aliphatic carbocycles. The molecular weight excluding hydrogens is 158 g/mol. The largest absolute Gasteiger partial charge is 0.266 e. The Morgan fingerprint density at radius 2 is 2.15 bits per heavy atom. The number of nitrogens with zero attached hydrogens (tertiary/aromatic N) is 1. The zero-order chi connectivity index (χ0) is 9.84. The minimum atomic E-state index is 1.02. The number of hydrogen-bond donors (Lipinski definition) is 0. The van der Waals surface area contributed by atoms with E-state index in [2.05, 4.69) is 30.6 Å². The fourth-order valence-corrected chi connectivity index (χ4v) is 1.30. The summed E-state index contributed by atoms with van der Waals surface area (Å²) in [5, 5.41) is 2.21. The van der Waals surface area contributed by atoms with Crippen LogP contribution in [-0.2, 0) is 0 Å². The van der Waals surface area contributed by atoms with E-state index in [9.17, 15) is 0 Å². The maximum Gasteiger partial charge on any atom is 0.0446 e. The van der Waals surface area contributed by atoms with Crippen LogP contribution in [0.3, 0.4) is 0 Å². The third kappa shape index (κ3) is 2.05. The minimum Gasteiger partial charge on any atom is -0.266 e. The Morgan fingerprint density at radius 3 is 2.77 bits per heavy atom. The fraction of sp³-hybridized carbons (Fsp3) is 0.250. The Bertz CT molecular complexity index is 427. The van der Waals surface area contributed by atoms with E-state index in [1.165, 1.54) is 5.56 Å². The van der Waals surface area contributed by atoms with Crippen LogP contribution in [-0.4, -0.2) is 6.21 Å². The summed E-state index contributed by atoms with van der Waals surface area (Å²) < 4.78 is 0. The Hall–Kier alpha value is -1.37. The lowest BCUT2D eigenvalue weighted by Crippen LogP contribution is -2.26. The summed E-state index contributed by atoms with van der Waals surface area (Å²) in [5.74, 6) is 0. The molecule has 0 atom stereocenters. The molecule has 1 rings (SSSR count). The monoisotopic (exact) mass is 173 g/mol. The van der Waals surface area contributed by atoms with E-state index in [-0.39, 0.29) is 0 Å². The predicted octanol–water partition coefficient (Wildman–Crippen LogP) is 1.62. The molecule has 0 heterocycles. The molecule has 0 aliphatic rings. The van der Waals surface area contributed by atoms with Gasteiger partial charge in [0.1, 0.15) is 0 Å². The van der Waals surface area contributed by atoms with Gasteiger partial charge in [-0.3, -0.25) is 4.99 Å². The van der Waals surface area contributed by atoms with Crippen LogP contribution in [0.4, 0.5) is 0 Å². The molecule has 1 aromatic rings. The summed E-state index contributed by atoms with van der Waals surface area (Å²) in [6.07, 6.45) is 1.80. The molecule has 0 fully saturated rings. The van der Waals surface area contributed by atoms with E-state index < -0.39 is 0 Å². The van der Waals surface area contributed by atoms with Crippen molar-refractivity contribution < 1.29 is 0 Å². The summed E-state index contributed by atoms with van der Waals surface area (Å²) in [6.45, 7) is 10.0. The second kappa shape index (κ2) is 4.04. The summed E-state index contributed by atoms with van der Waals surface area (Å²) in [4.78, 5) is 4.25. The number of rotatable bonds is 1. The average molecular weight is 173 g/mol. The number of benzene rings is 1. The van der Waals surface area contributed by atoms with Crippen LogP contribution in [0.5, 0.6) is 0 Å². The first kappa shape index (κ1) is 9.72. The quantitative estimate of drug-likeness (QED) is 0.572. The summed E-state index contributed by atoms with van der Waals surface area (Å²) in [7, 11) is 0. The second-order valence-electron chi connectivity index (χ2n) is 3.07. The highest BCUT2D eigenvalue weighted by molar-refractivity contribution is 5.62. The van der Waals surface area contributed by atoms with Crippen LogP contribution in [0.25, 0.3) is 12.3 Å². The molecule has 0 saturated carbocycles. The van der Waals surface area contributed by atoms with Gasteiger partial charge in [0.15, 0.2) is 0 Å². The number of aliphatic imine (C=N–C) groups is 1. The van der Waals surface area contributed by atoms with Crippen LogP contribution in [0.15, 0.2) is 23.2 Å². The molecule has 0 aromatic heterocycles. The maximum absolute atomic E-state index is 4.25. The molecule has 1 heteroatoms. The zero-order valence-electron chi connectivity index (χ0n) is 8.46. The molecule has 68 valence electrons. The molecule has 0 saturated heterocycles. The number of aryl methyl sites for hydroxylation is 1. The van der Waals surface area contributed by atoms with Gasteiger partial charge in [0, 0.05) is 17.1 Å². The lowest BCUT2D eigenvalue weighted by Gasteiger charge is -1.96. The fourth-order valence-electron chi connectivity index (χ4n) is 1.30. The van der Waals surface area contributed by atoms with Crippen LogP contribution in [0.1, 0.15) is 19.4 Å². The van der Waals surface area contributed by atoms with Crippen molar-refractivity contribution in [2.45, 2.75) is 20.8 Å². The molecule has 0 N–H and O–H groups in total. The Labute approximate surface area is 79.1 Å². The van der Waals surface area contributed by atoms with E-state index in [1.54, 1.807) is 6.21 Å². The molecule has 0 bridgehead atoms. The Kier molecular flexibility index (Phi) is 3.02. The highest BCUT2D eigenvalue weighted by atomic mass is 14.7. The van der Waals surface area contributed by atoms with Crippen LogP contribution < -0.4 is 10.4 Å². The van der Waals surface area contributed by atoms with Gasteiger partial charge in [-0.15, -0.1) is 0 Å². The van der Waals surface area contributed by atoms with Gasteiger partial charge in [-0.05, 0) is 31.6 Å². The van der Waals surface area contributed by atoms with Gasteiger partial charge >= 0.3 is 0 Å². The average Bonchev–Trinajstić information content (AvgIpc) is 2.10. The highest BCUT2D eigenvalue weighted by Crippen LogP contribution is 1.90. The molecule has 0 spiro atoms. The smallest absolute Gasteiger partial charge is 0.0446 e. The van der Waals surface area contributed by atoms with Crippen molar-refractivity contribution in [2.24, 2.45) is 4.99 Å².